The van der Waals surface area contributed by atoms with Crippen LogP contribution in [0.25, 0.3) is 0 Å². The third-order valence-corrected chi connectivity index (χ3v) is 7.82. The van der Waals surface area contributed by atoms with Crippen LogP contribution in [0.2, 0.25) is 5.02 Å². The predicted octanol–water partition coefficient (Wildman–Crippen LogP) is 7.16. The van der Waals surface area contributed by atoms with E-state index in [1.54, 1.807) is 18.2 Å². The normalized spacial score (nSPS) is 18.5. The molecule has 0 atom stereocenters. The molecular formula is C33H45ClN4O5. The molecule has 1 aliphatic rings. The number of carbonyl (C=O) groups excluding carboxylic acids is 2. The lowest BCUT2D eigenvalue weighted by molar-refractivity contribution is -0.163. The molecule has 1 aliphatic carbocycles. The van der Waals surface area contributed by atoms with Crippen molar-refractivity contribution in [2.75, 3.05) is 30.4 Å². The van der Waals surface area contributed by atoms with E-state index < -0.39 is 5.60 Å². The zero-order valence-corrected chi connectivity index (χ0v) is 27.1. The van der Waals surface area contributed by atoms with Crippen molar-refractivity contribution < 1.29 is 23.8 Å². The Bertz CT molecular complexity index is 1280. The number of unbranched alkanes of at least 4 members (excludes halogenated alkanes) is 2. The number of benzene rings is 2. The quantitative estimate of drug-likeness (QED) is 0.162. The number of nitrogens with one attached hydrogen (secondary N) is 3. The van der Waals surface area contributed by atoms with Crippen molar-refractivity contribution in [2.24, 2.45) is 10.8 Å². The highest BCUT2D eigenvalue weighted by Crippen LogP contribution is 2.55. The van der Waals surface area contributed by atoms with E-state index in [2.05, 4.69) is 49.7 Å². The zero-order chi connectivity index (χ0) is 31.8. The molecule has 2 aromatic carbocycles. The van der Waals surface area contributed by atoms with E-state index in [0.717, 1.165) is 31.5 Å². The number of nitriles is 1. The Morgan fingerprint density at radius 3 is 2.23 bits per heavy atom. The van der Waals surface area contributed by atoms with Gasteiger partial charge in [-0.05, 0) is 76.4 Å². The number of amides is 2. The number of hydrogen-bond acceptors (Lipinski definition) is 7. The molecule has 0 aromatic heterocycles. The van der Waals surface area contributed by atoms with Crippen LogP contribution in [0.5, 0.6) is 5.75 Å². The van der Waals surface area contributed by atoms with Crippen LogP contribution in [0, 0.1) is 22.2 Å². The first-order valence-electron chi connectivity index (χ1n) is 14.7. The van der Waals surface area contributed by atoms with Gasteiger partial charge in [0.2, 0.25) is 0 Å². The molecule has 0 heterocycles. The van der Waals surface area contributed by atoms with Crippen LogP contribution in [0.3, 0.4) is 0 Å². The third kappa shape index (κ3) is 9.50. The molecule has 43 heavy (non-hydrogen) atoms. The summed E-state index contributed by atoms with van der Waals surface area (Å²) in [6.45, 7) is 15.1. The highest BCUT2D eigenvalue weighted by molar-refractivity contribution is 6.31. The number of hydrogen-bond donors (Lipinski definition) is 3. The van der Waals surface area contributed by atoms with Gasteiger partial charge in [0.1, 0.15) is 30.1 Å². The average molecular weight is 613 g/mol. The van der Waals surface area contributed by atoms with Crippen molar-refractivity contribution in [3.8, 4) is 11.8 Å². The van der Waals surface area contributed by atoms with E-state index in [1.165, 1.54) is 0 Å². The summed E-state index contributed by atoms with van der Waals surface area (Å²) in [7, 11) is 0. The highest BCUT2D eigenvalue weighted by atomic mass is 35.5. The summed E-state index contributed by atoms with van der Waals surface area (Å²) in [5.74, 6) is 0.252. The fourth-order valence-corrected chi connectivity index (χ4v) is 6.04. The van der Waals surface area contributed by atoms with Gasteiger partial charge in [-0.25, -0.2) is 9.59 Å². The SMILES string of the molecule is CC(C)(C)OC(=O)COCCCCCNc1ccc(NC(=O)NC2C(C)(C)C(Oc3ccc(C#N)c(Cl)c3)C2(C)C)cc1. The monoisotopic (exact) mass is 612 g/mol. The van der Waals surface area contributed by atoms with E-state index in [0.29, 0.717) is 28.6 Å². The molecule has 3 rings (SSSR count). The summed E-state index contributed by atoms with van der Waals surface area (Å²) in [4.78, 5) is 24.6. The van der Waals surface area contributed by atoms with Crippen molar-refractivity contribution in [3.05, 3.63) is 53.1 Å². The van der Waals surface area contributed by atoms with Gasteiger partial charge in [0.25, 0.3) is 0 Å². The minimum Gasteiger partial charge on any atom is -0.489 e. The predicted molar refractivity (Wildman–Crippen MR) is 170 cm³/mol. The molecule has 0 saturated heterocycles. The fraction of sp³-hybridized carbons (Fsp3) is 0.545. The van der Waals surface area contributed by atoms with E-state index in [1.807, 2.05) is 45.0 Å². The van der Waals surface area contributed by atoms with Gasteiger partial charge in [0.05, 0.1) is 10.6 Å². The summed E-state index contributed by atoms with van der Waals surface area (Å²) in [5, 5.41) is 18.9. The molecule has 234 valence electrons. The first-order valence-corrected chi connectivity index (χ1v) is 15.1. The van der Waals surface area contributed by atoms with Gasteiger partial charge in [0.15, 0.2) is 0 Å². The summed E-state index contributed by atoms with van der Waals surface area (Å²) >= 11 is 6.19. The minimum absolute atomic E-state index is 0.0192. The fourth-order valence-electron chi connectivity index (χ4n) is 5.83. The van der Waals surface area contributed by atoms with Gasteiger partial charge < -0.3 is 30.2 Å². The van der Waals surface area contributed by atoms with Crippen molar-refractivity contribution in [2.45, 2.75) is 85.5 Å². The van der Waals surface area contributed by atoms with Gasteiger partial charge in [-0.15, -0.1) is 0 Å². The molecule has 0 aliphatic heterocycles. The smallest absolute Gasteiger partial charge is 0.332 e. The first-order chi connectivity index (χ1) is 20.1. The Morgan fingerprint density at radius 2 is 1.63 bits per heavy atom. The van der Waals surface area contributed by atoms with Crippen molar-refractivity contribution >= 4 is 35.0 Å². The third-order valence-electron chi connectivity index (χ3n) is 7.51. The van der Waals surface area contributed by atoms with E-state index >= 15 is 0 Å². The number of ether oxygens (including phenoxy) is 3. The van der Waals surface area contributed by atoms with E-state index in [9.17, 15) is 9.59 Å². The number of urea groups is 1. The maximum atomic E-state index is 12.9. The van der Waals surface area contributed by atoms with Gasteiger partial charge in [-0.2, -0.15) is 5.26 Å². The number of halogens is 1. The van der Waals surface area contributed by atoms with Gasteiger partial charge in [0, 0.05) is 47.5 Å². The summed E-state index contributed by atoms with van der Waals surface area (Å²) in [6, 6.07) is 14.3. The summed E-state index contributed by atoms with van der Waals surface area (Å²) in [5.41, 5.74) is 0.870. The summed E-state index contributed by atoms with van der Waals surface area (Å²) < 4.78 is 16.9. The van der Waals surface area contributed by atoms with Crippen molar-refractivity contribution in [3.63, 3.8) is 0 Å². The standard InChI is InChI=1S/C33H45ClN4O5/c1-31(2,3)43-27(39)21-41-18-10-8-9-17-36-23-12-14-24(15-13-23)37-30(40)38-28-32(4,5)29(33(28,6)7)42-25-16-11-22(20-35)26(34)19-25/h11-16,19,28-29,36H,8-10,17-18,21H2,1-7H3,(H2,37,38,40). The van der Waals surface area contributed by atoms with Gasteiger partial charge >= 0.3 is 12.0 Å². The van der Waals surface area contributed by atoms with Crippen LogP contribution in [0.4, 0.5) is 16.2 Å². The Labute approximate surface area is 260 Å². The molecular weight excluding hydrogens is 568 g/mol. The molecule has 10 heteroatoms. The molecule has 2 amide bonds. The van der Waals surface area contributed by atoms with Crippen LogP contribution in [-0.2, 0) is 14.3 Å². The van der Waals surface area contributed by atoms with Crippen LogP contribution >= 0.6 is 11.6 Å². The number of rotatable bonds is 13. The lowest BCUT2D eigenvalue weighted by atomic mass is 9.49. The molecule has 1 fully saturated rings. The van der Waals surface area contributed by atoms with Crippen molar-refractivity contribution in [1.82, 2.24) is 5.32 Å². The van der Waals surface area contributed by atoms with Crippen LogP contribution in [0.1, 0.15) is 73.3 Å². The Balaban J connectivity index is 1.37. The van der Waals surface area contributed by atoms with Crippen LogP contribution in [0.15, 0.2) is 42.5 Å². The van der Waals surface area contributed by atoms with Gasteiger partial charge in [-0.1, -0.05) is 39.3 Å². The van der Waals surface area contributed by atoms with Crippen LogP contribution < -0.4 is 20.7 Å². The van der Waals surface area contributed by atoms with Crippen molar-refractivity contribution in [1.29, 1.82) is 5.26 Å². The molecule has 0 radical (unpaired) electrons. The number of carbonyl (C=O) groups is 2. The van der Waals surface area contributed by atoms with E-state index in [-0.39, 0.29) is 41.6 Å². The first kappa shape index (κ1) is 34.0. The molecule has 1 saturated carbocycles. The minimum atomic E-state index is -0.497. The second-order valence-electron chi connectivity index (χ2n) is 13.1. The Hall–Kier alpha value is -3.48. The van der Waals surface area contributed by atoms with Gasteiger partial charge in [-0.3, -0.25) is 0 Å². The lowest BCUT2D eigenvalue weighted by Gasteiger charge is -2.63. The topological polar surface area (TPSA) is 122 Å². The van der Waals surface area contributed by atoms with Crippen LogP contribution in [-0.4, -0.2) is 49.5 Å². The molecule has 0 bridgehead atoms. The number of nitrogens with zero attached hydrogens (tertiary/aromatic N) is 1. The molecule has 2 aromatic rings. The Morgan fingerprint density at radius 1 is 0.977 bits per heavy atom. The van der Waals surface area contributed by atoms with E-state index in [4.69, 9.17) is 31.1 Å². The molecule has 0 unspecified atom stereocenters. The number of esters is 1. The molecule has 3 N–H and O–H groups in total. The maximum Gasteiger partial charge on any atom is 0.332 e. The second-order valence-corrected chi connectivity index (χ2v) is 13.5. The zero-order valence-electron chi connectivity index (χ0n) is 26.3. The maximum absolute atomic E-state index is 12.9. The lowest BCUT2D eigenvalue weighted by Crippen LogP contribution is -2.75. The Kier molecular flexibility index (Phi) is 11.3. The average Bonchev–Trinajstić information content (AvgIpc) is 2.91. The molecule has 0 spiro atoms. The largest absolute Gasteiger partial charge is 0.489 e. The highest BCUT2D eigenvalue weighted by Gasteiger charge is 2.64. The second kappa shape index (κ2) is 14.3. The number of anilines is 2. The molecule has 9 nitrogen and oxygen atoms in total. The summed E-state index contributed by atoms with van der Waals surface area (Å²) in [6.07, 6.45) is 2.63.